The van der Waals surface area contributed by atoms with Gasteiger partial charge in [-0.3, -0.25) is 4.79 Å². The number of hydrogen-bond donors (Lipinski definition) is 3. The number of aromatic hydroxyl groups is 1. The molecule has 0 spiro atoms. The fraction of sp³-hybridized carbons (Fsp3) is 0.300. The van der Waals surface area contributed by atoms with Crippen LogP contribution in [0.2, 0.25) is 0 Å². The molecule has 0 bridgehead atoms. The van der Waals surface area contributed by atoms with E-state index in [1.54, 1.807) is 19.2 Å². The van der Waals surface area contributed by atoms with E-state index >= 15 is 0 Å². The van der Waals surface area contributed by atoms with Crippen molar-refractivity contribution in [3.8, 4) is 11.5 Å². The van der Waals surface area contributed by atoms with E-state index in [2.05, 4.69) is 34.6 Å². The summed E-state index contributed by atoms with van der Waals surface area (Å²) in [5.41, 5.74) is 4.63. The quantitative estimate of drug-likeness (QED) is 0.467. The Balaban J connectivity index is 1.90. The van der Waals surface area contributed by atoms with Crippen molar-refractivity contribution in [3.63, 3.8) is 0 Å². The first kappa shape index (κ1) is 20.1. The fourth-order valence-electron chi connectivity index (χ4n) is 2.61. The van der Waals surface area contributed by atoms with E-state index < -0.39 is 0 Å². The standard InChI is InChI=1S/C20H26N4O3/c1-4-24(5-2)16-11-10-15(18(25)12-16)13-22-23-20(26)14-21-17-8-6-7-9-19(17)27-3/h6-13,21,25H,4-5,14H2,1-3H3,(H,23,26)/b22-13-. The molecule has 3 N–H and O–H groups in total. The lowest BCUT2D eigenvalue weighted by Crippen LogP contribution is -2.26. The molecule has 0 atom stereocenters. The number of para-hydroxylation sites is 2. The zero-order valence-electron chi connectivity index (χ0n) is 15.9. The van der Waals surface area contributed by atoms with Crippen LogP contribution in [0, 0.1) is 0 Å². The lowest BCUT2D eigenvalue weighted by Gasteiger charge is -2.21. The maximum absolute atomic E-state index is 11.9. The van der Waals surface area contributed by atoms with E-state index in [1.807, 2.05) is 30.3 Å². The number of nitrogens with one attached hydrogen (secondary N) is 2. The van der Waals surface area contributed by atoms with Crippen molar-refractivity contribution in [3.05, 3.63) is 48.0 Å². The van der Waals surface area contributed by atoms with E-state index in [0.29, 0.717) is 11.3 Å². The number of nitrogens with zero attached hydrogens (tertiary/aromatic N) is 2. The number of carbonyl (C=O) groups excluding carboxylic acids is 1. The number of benzene rings is 2. The molecule has 7 nitrogen and oxygen atoms in total. The third kappa shape index (κ3) is 5.64. The fourth-order valence-corrected chi connectivity index (χ4v) is 2.61. The highest BCUT2D eigenvalue weighted by atomic mass is 16.5. The van der Waals surface area contributed by atoms with E-state index in [-0.39, 0.29) is 18.2 Å². The number of hydrogen-bond acceptors (Lipinski definition) is 6. The van der Waals surface area contributed by atoms with E-state index in [9.17, 15) is 9.90 Å². The Hall–Kier alpha value is -3.22. The van der Waals surface area contributed by atoms with Crippen molar-refractivity contribution in [2.75, 3.05) is 37.0 Å². The van der Waals surface area contributed by atoms with Gasteiger partial charge in [0.2, 0.25) is 0 Å². The second-order valence-electron chi connectivity index (χ2n) is 5.76. The minimum atomic E-state index is -0.309. The molecule has 0 radical (unpaired) electrons. The molecule has 0 fully saturated rings. The van der Waals surface area contributed by atoms with Gasteiger partial charge in [-0.25, -0.2) is 5.43 Å². The highest BCUT2D eigenvalue weighted by Crippen LogP contribution is 2.24. The largest absolute Gasteiger partial charge is 0.507 e. The number of phenols is 1. The van der Waals surface area contributed by atoms with Crippen molar-refractivity contribution >= 4 is 23.5 Å². The Bertz CT molecular complexity index is 789. The van der Waals surface area contributed by atoms with Gasteiger partial charge in [0.05, 0.1) is 25.6 Å². The summed E-state index contributed by atoms with van der Waals surface area (Å²) < 4.78 is 5.22. The predicted octanol–water partition coefficient (Wildman–Crippen LogP) is 2.81. The summed E-state index contributed by atoms with van der Waals surface area (Å²) >= 11 is 0. The summed E-state index contributed by atoms with van der Waals surface area (Å²) in [5.74, 6) is 0.466. The number of amides is 1. The van der Waals surface area contributed by atoms with Crippen LogP contribution in [-0.2, 0) is 4.79 Å². The zero-order valence-corrected chi connectivity index (χ0v) is 15.9. The van der Waals surface area contributed by atoms with Gasteiger partial charge in [-0.15, -0.1) is 0 Å². The van der Waals surface area contributed by atoms with Crippen LogP contribution in [0.15, 0.2) is 47.6 Å². The Labute approximate surface area is 159 Å². The molecule has 2 rings (SSSR count). The molecule has 0 saturated heterocycles. The molecular formula is C20H26N4O3. The first-order chi connectivity index (χ1) is 13.1. The molecule has 1 amide bonds. The first-order valence-corrected chi connectivity index (χ1v) is 8.85. The smallest absolute Gasteiger partial charge is 0.259 e. The molecule has 0 unspecified atom stereocenters. The maximum Gasteiger partial charge on any atom is 0.259 e. The van der Waals surface area contributed by atoms with Crippen molar-refractivity contribution in [2.24, 2.45) is 5.10 Å². The number of hydrazone groups is 1. The third-order valence-corrected chi connectivity index (χ3v) is 4.08. The Morgan fingerprint density at radius 2 is 1.96 bits per heavy atom. The second-order valence-corrected chi connectivity index (χ2v) is 5.76. The summed E-state index contributed by atoms with van der Waals surface area (Å²) in [6.45, 7) is 5.89. The molecule has 0 aliphatic heterocycles. The predicted molar refractivity (Wildman–Crippen MR) is 109 cm³/mol. The van der Waals surface area contributed by atoms with Gasteiger partial charge in [-0.05, 0) is 38.1 Å². The average molecular weight is 370 g/mol. The zero-order chi connectivity index (χ0) is 19.6. The second kappa shape index (κ2) is 10.1. The molecule has 2 aromatic rings. The Morgan fingerprint density at radius 1 is 1.22 bits per heavy atom. The van der Waals surface area contributed by atoms with Crippen LogP contribution in [0.5, 0.6) is 11.5 Å². The molecule has 0 aliphatic rings. The van der Waals surface area contributed by atoms with Crippen LogP contribution in [-0.4, -0.2) is 44.0 Å². The van der Waals surface area contributed by atoms with Gasteiger partial charge in [0.25, 0.3) is 5.91 Å². The number of anilines is 2. The van der Waals surface area contributed by atoms with Crippen LogP contribution in [0.3, 0.4) is 0 Å². The Kier molecular flexibility index (Phi) is 7.49. The minimum Gasteiger partial charge on any atom is -0.507 e. The SMILES string of the molecule is CCN(CC)c1ccc(/C=N\NC(=O)CNc2ccccc2OC)c(O)c1. The van der Waals surface area contributed by atoms with Crippen molar-refractivity contribution in [2.45, 2.75) is 13.8 Å². The van der Waals surface area contributed by atoms with E-state index in [4.69, 9.17) is 4.74 Å². The summed E-state index contributed by atoms with van der Waals surface area (Å²) in [4.78, 5) is 14.0. The van der Waals surface area contributed by atoms with E-state index in [0.717, 1.165) is 24.5 Å². The molecule has 0 saturated carbocycles. The molecule has 0 aromatic heterocycles. The van der Waals surface area contributed by atoms with Gasteiger partial charge in [0.1, 0.15) is 11.5 Å². The lowest BCUT2D eigenvalue weighted by atomic mass is 10.2. The Morgan fingerprint density at radius 3 is 2.63 bits per heavy atom. The molecule has 27 heavy (non-hydrogen) atoms. The highest BCUT2D eigenvalue weighted by molar-refractivity contribution is 5.87. The average Bonchev–Trinajstić information content (AvgIpc) is 2.69. The minimum absolute atomic E-state index is 0.0462. The number of phenolic OH excluding ortho intramolecular Hbond substituents is 1. The van der Waals surface area contributed by atoms with Crippen molar-refractivity contribution in [1.82, 2.24) is 5.43 Å². The molecule has 0 aliphatic carbocycles. The van der Waals surface area contributed by atoms with Gasteiger partial charge in [-0.2, -0.15) is 5.10 Å². The first-order valence-electron chi connectivity index (χ1n) is 8.85. The van der Waals surface area contributed by atoms with Crippen LogP contribution < -0.4 is 20.4 Å². The third-order valence-electron chi connectivity index (χ3n) is 4.08. The van der Waals surface area contributed by atoms with Crippen LogP contribution in [0.25, 0.3) is 0 Å². The molecular weight excluding hydrogens is 344 g/mol. The summed E-state index contributed by atoms with van der Waals surface area (Å²) in [5, 5.41) is 17.0. The van der Waals surface area contributed by atoms with E-state index in [1.165, 1.54) is 6.21 Å². The van der Waals surface area contributed by atoms with Gasteiger partial charge < -0.3 is 20.1 Å². The number of carbonyl (C=O) groups is 1. The van der Waals surface area contributed by atoms with Gasteiger partial charge in [-0.1, -0.05) is 12.1 Å². The van der Waals surface area contributed by atoms with Crippen LogP contribution >= 0.6 is 0 Å². The lowest BCUT2D eigenvalue weighted by molar-refractivity contribution is -0.119. The van der Waals surface area contributed by atoms with Crippen LogP contribution in [0.1, 0.15) is 19.4 Å². The topological polar surface area (TPSA) is 86.2 Å². The van der Waals surface area contributed by atoms with Crippen LogP contribution in [0.4, 0.5) is 11.4 Å². The van der Waals surface area contributed by atoms with Gasteiger partial charge in [0.15, 0.2) is 0 Å². The molecule has 7 heteroatoms. The normalized spacial score (nSPS) is 10.6. The molecule has 2 aromatic carbocycles. The number of methoxy groups -OCH3 is 1. The number of ether oxygens (including phenoxy) is 1. The monoisotopic (exact) mass is 370 g/mol. The van der Waals surface area contributed by atoms with Crippen molar-refractivity contribution in [1.29, 1.82) is 0 Å². The maximum atomic E-state index is 11.9. The molecule has 144 valence electrons. The summed E-state index contributed by atoms with van der Waals surface area (Å²) in [7, 11) is 1.57. The summed E-state index contributed by atoms with van der Waals surface area (Å²) in [6, 6.07) is 12.7. The number of rotatable bonds is 9. The van der Waals surface area contributed by atoms with Gasteiger partial charge >= 0.3 is 0 Å². The summed E-state index contributed by atoms with van der Waals surface area (Å²) in [6.07, 6.45) is 1.42. The van der Waals surface area contributed by atoms with Gasteiger partial charge in [0, 0.05) is 30.4 Å². The highest BCUT2D eigenvalue weighted by Gasteiger charge is 2.06. The molecule has 0 heterocycles. The van der Waals surface area contributed by atoms with Crippen molar-refractivity contribution < 1.29 is 14.6 Å².